The summed E-state index contributed by atoms with van der Waals surface area (Å²) in [6, 6.07) is 16.9. The first-order valence-corrected chi connectivity index (χ1v) is 12.7. The molecule has 0 aromatic heterocycles. The highest BCUT2D eigenvalue weighted by molar-refractivity contribution is 7.92. The number of halogens is 4. The SMILES string of the molecule is COc1cccc(CCCNC(=O)CN(c2cc(C(F)(F)F)ccc2Cl)S(=O)(=O)c2ccccc2)c1. The second-order valence-corrected chi connectivity index (χ2v) is 10.1. The number of anilines is 1. The summed E-state index contributed by atoms with van der Waals surface area (Å²) in [5.74, 6) is 0.0184. The number of nitrogens with zero attached hydrogens (tertiary/aromatic N) is 1. The third-order valence-electron chi connectivity index (χ3n) is 5.26. The predicted octanol–water partition coefficient (Wildman–Crippen LogP) is 5.31. The van der Waals surface area contributed by atoms with E-state index >= 15 is 0 Å². The van der Waals surface area contributed by atoms with Gasteiger partial charge in [0.2, 0.25) is 5.91 Å². The second kappa shape index (κ2) is 11.7. The first-order chi connectivity index (χ1) is 17.0. The largest absolute Gasteiger partial charge is 0.497 e. The first kappa shape index (κ1) is 27.3. The summed E-state index contributed by atoms with van der Waals surface area (Å²) in [4.78, 5) is 12.5. The van der Waals surface area contributed by atoms with Crippen molar-refractivity contribution in [1.29, 1.82) is 0 Å². The molecule has 3 aromatic carbocycles. The van der Waals surface area contributed by atoms with Crippen molar-refractivity contribution in [3.05, 3.63) is 88.9 Å². The minimum absolute atomic E-state index is 0.190. The number of alkyl halides is 3. The molecule has 3 aromatic rings. The lowest BCUT2D eigenvalue weighted by Gasteiger charge is -2.26. The van der Waals surface area contributed by atoms with Crippen LogP contribution in [-0.4, -0.2) is 34.5 Å². The number of methoxy groups -OCH3 is 1. The van der Waals surface area contributed by atoms with Gasteiger partial charge in [0.1, 0.15) is 12.3 Å². The minimum Gasteiger partial charge on any atom is -0.497 e. The van der Waals surface area contributed by atoms with Gasteiger partial charge in [0.05, 0.1) is 28.3 Å². The van der Waals surface area contributed by atoms with Gasteiger partial charge in [-0.2, -0.15) is 13.2 Å². The topological polar surface area (TPSA) is 75.7 Å². The number of hydrogen-bond donors (Lipinski definition) is 1. The third-order valence-corrected chi connectivity index (χ3v) is 7.35. The Hall–Kier alpha value is -3.24. The molecule has 6 nitrogen and oxygen atoms in total. The Kier molecular flexibility index (Phi) is 8.86. The summed E-state index contributed by atoms with van der Waals surface area (Å²) in [7, 11) is -2.85. The number of rotatable bonds is 10. The molecule has 0 aliphatic carbocycles. The molecule has 0 unspecified atom stereocenters. The van der Waals surface area contributed by atoms with Crippen LogP contribution in [0, 0.1) is 0 Å². The van der Waals surface area contributed by atoms with Gasteiger partial charge in [0.25, 0.3) is 10.0 Å². The number of ether oxygens (including phenoxy) is 1. The number of nitrogens with one attached hydrogen (secondary N) is 1. The molecule has 192 valence electrons. The molecular weight excluding hydrogens is 517 g/mol. The predicted molar refractivity (Wildman–Crippen MR) is 132 cm³/mol. The van der Waals surface area contributed by atoms with E-state index in [0.29, 0.717) is 29.0 Å². The Morgan fingerprint density at radius 3 is 2.42 bits per heavy atom. The maximum atomic E-state index is 13.4. The van der Waals surface area contributed by atoms with Crippen LogP contribution in [0.3, 0.4) is 0 Å². The average Bonchev–Trinajstić information content (AvgIpc) is 2.85. The van der Waals surface area contributed by atoms with Crippen molar-refractivity contribution in [2.45, 2.75) is 23.9 Å². The van der Waals surface area contributed by atoms with Gasteiger partial charge in [-0.15, -0.1) is 0 Å². The van der Waals surface area contributed by atoms with E-state index in [1.807, 2.05) is 24.3 Å². The number of carbonyl (C=O) groups is 1. The zero-order valence-corrected chi connectivity index (χ0v) is 20.8. The summed E-state index contributed by atoms with van der Waals surface area (Å²) in [5.41, 5.74) is -0.539. The van der Waals surface area contributed by atoms with E-state index < -0.39 is 39.9 Å². The number of sulfonamides is 1. The molecule has 11 heteroatoms. The summed E-state index contributed by atoms with van der Waals surface area (Å²) in [6.07, 6.45) is -3.55. The molecule has 3 rings (SSSR count). The van der Waals surface area contributed by atoms with Crippen LogP contribution in [0.15, 0.2) is 77.7 Å². The van der Waals surface area contributed by atoms with Crippen molar-refractivity contribution in [1.82, 2.24) is 5.32 Å². The molecule has 0 atom stereocenters. The van der Waals surface area contributed by atoms with E-state index in [-0.39, 0.29) is 16.5 Å². The molecule has 0 heterocycles. The molecule has 36 heavy (non-hydrogen) atoms. The van der Waals surface area contributed by atoms with Crippen LogP contribution in [0.4, 0.5) is 18.9 Å². The van der Waals surface area contributed by atoms with Gasteiger partial charge >= 0.3 is 6.18 Å². The number of carbonyl (C=O) groups excluding carboxylic acids is 1. The average molecular weight is 541 g/mol. The summed E-state index contributed by atoms with van der Waals surface area (Å²) in [5, 5.41) is 2.39. The van der Waals surface area contributed by atoms with E-state index in [2.05, 4.69) is 5.32 Å². The summed E-state index contributed by atoms with van der Waals surface area (Å²) >= 11 is 6.12. The molecule has 0 bridgehead atoms. The highest BCUT2D eigenvalue weighted by atomic mass is 35.5. The lowest BCUT2D eigenvalue weighted by atomic mass is 10.1. The zero-order chi connectivity index (χ0) is 26.3. The second-order valence-electron chi connectivity index (χ2n) is 7.79. The van der Waals surface area contributed by atoms with Crippen molar-refractivity contribution in [3.8, 4) is 5.75 Å². The Morgan fingerprint density at radius 2 is 1.75 bits per heavy atom. The summed E-state index contributed by atoms with van der Waals surface area (Å²) < 4.78 is 72.5. The molecule has 0 spiro atoms. The monoisotopic (exact) mass is 540 g/mol. The Labute approximate surface area is 212 Å². The highest BCUT2D eigenvalue weighted by Gasteiger charge is 2.34. The molecule has 0 aliphatic rings. The Morgan fingerprint density at radius 1 is 1.03 bits per heavy atom. The number of aryl methyl sites for hydroxylation is 1. The van der Waals surface area contributed by atoms with E-state index in [0.717, 1.165) is 17.7 Å². The standard InChI is InChI=1S/C25H24ClF3N2O4S/c1-35-20-9-5-7-18(15-20)8-6-14-30-24(32)17-31(36(33,34)21-10-3-2-4-11-21)23-16-19(25(27,28)29)12-13-22(23)26/h2-5,7,9-13,15-16H,6,8,14,17H2,1H3,(H,30,32). The van der Waals surface area contributed by atoms with Crippen molar-refractivity contribution in [2.75, 3.05) is 24.5 Å². The normalized spacial score (nSPS) is 11.7. The smallest absolute Gasteiger partial charge is 0.416 e. The van der Waals surface area contributed by atoms with Gasteiger partial charge in [-0.3, -0.25) is 9.10 Å². The lowest BCUT2D eigenvalue weighted by molar-refractivity contribution is -0.137. The van der Waals surface area contributed by atoms with Crippen molar-refractivity contribution in [3.63, 3.8) is 0 Å². The van der Waals surface area contributed by atoms with E-state index in [1.165, 1.54) is 24.3 Å². The van der Waals surface area contributed by atoms with Gasteiger partial charge in [0, 0.05) is 6.54 Å². The third kappa shape index (κ3) is 6.92. The van der Waals surface area contributed by atoms with Crippen LogP contribution >= 0.6 is 11.6 Å². The molecule has 0 saturated heterocycles. The molecule has 0 radical (unpaired) electrons. The van der Waals surface area contributed by atoms with E-state index in [4.69, 9.17) is 16.3 Å². The highest BCUT2D eigenvalue weighted by Crippen LogP contribution is 2.37. The number of amides is 1. The van der Waals surface area contributed by atoms with Gasteiger partial charge in [0.15, 0.2) is 0 Å². The molecule has 1 N–H and O–H groups in total. The quantitative estimate of drug-likeness (QED) is 0.354. The van der Waals surface area contributed by atoms with Crippen molar-refractivity contribution in [2.24, 2.45) is 0 Å². The molecule has 0 fully saturated rings. The molecular formula is C25H24ClF3N2O4S. The van der Waals surface area contributed by atoms with Crippen LogP contribution in [0.1, 0.15) is 17.5 Å². The van der Waals surface area contributed by atoms with Crippen LogP contribution < -0.4 is 14.4 Å². The fourth-order valence-corrected chi connectivity index (χ4v) is 5.16. The van der Waals surface area contributed by atoms with E-state index in [1.54, 1.807) is 13.2 Å². The maximum Gasteiger partial charge on any atom is 0.416 e. The van der Waals surface area contributed by atoms with Crippen molar-refractivity contribution >= 4 is 33.2 Å². The minimum atomic E-state index is -4.73. The molecule has 1 amide bonds. The van der Waals surface area contributed by atoms with Gasteiger partial charge in [-0.1, -0.05) is 41.9 Å². The van der Waals surface area contributed by atoms with Gasteiger partial charge < -0.3 is 10.1 Å². The Bertz CT molecular complexity index is 1300. The van der Waals surface area contributed by atoms with Gasteiger partial charge in [-0.05, 0) is 60.9 Å². The van der Waals surface area contributed by atoms with Crippen LogP contribution in [0.2, 0.25) is 5.02 Å². The number of hydrogen-bond acceptors (Lipinski definition) is 4. The molecule has 0 saturated carbocycles. The van der Waals surface area contributed by atoms with Crippen LogP contribution in [-0.2, 0) is 27.4 Å². The lowest BCUT2D eigenvalue weighted by Crippen LogP contribution is -2.41. The van der Waals surface area contributed by atoms with Crippen LogP contribution in [0.25, 0.3) is 0 Å². The van der Waals surface area contributed by atoms with Gasteiger partial charge in [-0.25, -0.2) is 8.42 Å². The molecule has 0 aliphatic heterocycles. The number of benzene rings is 3. The van der Waals surface area contributed by atoms with Crippen molar-refractivity contribution < 1.29 is 31.1 Å². The van der Waals surface area contributed by atoms with Crippen LogP contribution in [0.5, 0.6) is 5.75 Å². The first-order valence-electron chi connectivity index (χ1n) is 10.9. The fourth-order valence-electron chi connectivity index (χ4n) is 3.43. The Balaban J connectivity index is 1.80. The van der Waals surface area contributed by atoms with E-state index in [9.17, 15) is 26.4 Å². The maximum absolute atomic E-state index is 13.4. The fraction of sp³-hybridized carbons (Fsp3) is 0.240. The zero-order valence-electron chi connectivity index (χ0n) is 19.3. The summed E-state index contributed by atoms with van der Waals surface area (Å²) in [6.45, 7) is -0.525.